The van der Waals surface area contributed by atoms with E-state index in [1.54, 1.807) is 19.4 Å². The average Bonchev–Trinajstić information content (AvgIpc) is 3.29. The second kappa shape index (κ2) is 11.8. The van der Waals surface area contributed by atoms with Crippen LogP contribution in [-0.4, -0.2) is 61.8 Å². The maximum absolute atomic E-state index is 13.9. The van der Waals surface area contributed by atoms with Crippen molar-refractivity contribution in [1.82, 2.24) is 15.2 Å². The molecule has 0 bridgehead atoms. The van der Waals surface area contributed by atoms with Crippen molar-refractivity contribution >= 4 is 34.5 Å². The van der Waals surface area contributed by atoms with Crippen LogP contribution in [0.5, 0.6) is 5.75 Å². The number of likely N-dealkylation sites (tertiary alicyclic amines) is 1. The quantitative estimate of drug-likeness (QED) is 0.419. The minimum atomic E-state index is -0.505. The van der Waals surface area contributed by atoms with Crippen LogP contribution in [0.4, 0.5) is 8.78 Å². The van der Waals surface area contributed by atoms with Gasteiger partial charge >= 0.3 is 5.97 Å². The number of hydrogen-bond acceptors (Lipinski definition) is 6. The van der Waals surface area contributed by atoms with Crippen molar-refractivity contribution in [3.05, 3.63) is 76.5 Å². The van der Waals surface area contributed by atoms with E-state index in [1.807, 2.05) is 23.1 Å². The van der Waals surface area contributed by atoms with Crippen molar-refractivity contribution in [2.24, 2.45) is 0 Å². The van der Waals surface area contributed by atoms with Gasteiger partial charge in [-0.15, -0.1) is 0 Å². The maximum atomic E-state index is 13.9. The predicted octanol–water partition coefficient (Wildman–Crippen LogP) is 4.64. The van der Waals surface area contributed by atoms with Crippen molar-refractivity contribution in [3.63, 3.8) is 0 Å². The third kappa shape index (κ3) is 5.83. The van der Waals surface area contributed by atoms with Gasteiger partial charge in [-0.1, -0.05) is 23.8 Å². The van der Waals surface area contributed by atoms with Gasteiger partial charge in [0.15, 0.2) is 0 Å². The van der Waals surface area contributed by atoms with Gasteiger partial charge in [-0.3, -0.25) is 14.7 Å². The molecule has 9 heteroatoms. The summed E-state index contributed by atoms with van der Waals surface area (Å²) in [6.07, 6.45) is 6.27. The van der Waals surface area contributed by atoms with Gasteiger partial charge in [0.05, 0.1) is 24.8 Å². The average molecular weight is 516 g/mol. The molecule has 2 aromatic carbocycles. The van der Waals surface area contributed by atoms with Crippen molar-refractivity contribution in [2.75, 3.05) is 33.9 Å². The van der Waals surface area contributed by atoms with E-state index in [9.17, 15) is 13.6 Å². The highest BCUT2D eigenvalue weighted by molar-refractivity contribution is 6.32. The van der Waals surface area contributed by atoms with Gasteiger partial charge in [0.2, 0.25) is 0 Å². The van der Waals surface area contributed by atoms with Crippen LogP contribution in [0.2, 0.25) is 5.02 Å². The number of carbonyl (C=O) groups excluding carboxylic acids is 1. The van der Waals surface area contributed by atoms with Crippen molar-refractivity contribution in [2.45, 2.75) is 24.9 Å². The summed E-state index contributed by atoms with van der Waals surface area (Å²) in [5, 5.41) is 4.98. The van der Waals surface area contributed by atoms with Gasteiger partial charge < -0.3 is 14.8 Å². The van der Waals surface area contributed by atoms with Crippen LogP contribution >= 0.6 is 11.6 Å². The molecule has 0 saturated carbocycles. The highest BCUT2D eigenvalue weighted by Crippen LogP contribution is 2.28. The summed E-state index contributed by atoms with van der Waals surface area (Å²) in [7, 11) is 2.98. The number of carbonyl (C=O) groups is 1. The van der Waals surface area contributed by atoms with E-state index in [2.05, 4.69) is 10.3 Å². The molecule has 0 amide bonds. The van der Waals surface area contributed by atoms with E-state index in [0.717, 1.165) is 46.8 Å². The first-order chi connectivity index (χ1) is 17.4. The number of ether oxygens (including phenoxy) is 2. The van der Waals surface area contributed by atoms with Crippen molar-refractivity contribution < 1.29 is 23.0 Å². The van der Waals surface area contributed by atoms with E-state index in [-0.39, 0.29) is 17.6 Å². The smallest absolute Gasteiger partial charge is 0.324 e. The van der Waals surface area contributed by atoms with E-state index in [1.165, 1.54) is 13.2 Å². The first-order valence-corrected chi connectivity index (χ1v) is 12.1. The third-order valence-corrected chi connectivity index (χ3v) is 6.78. The molecule has 1 aromatic heterocycles. The summed E-state index contributed by atoms with van der Waals surface area (Å²) in [5.41, 5.74) is 1.95. The lowest BCUT2D eigenvalue weighted by Crippen LogP contribution is -2.48. The molecule has 4 rings (SSSR count). The first kappa shape index (κ1) is 26.0. The molecule has 2 unspecified atom stereocenters. The Morgan fingerprint density at radius 3 is 2.86 bits per heavy atom. The monoisotopic (exact) mass is 515 g/mol. The second-order valence-electron chi connectivity index (χ2n) is 8.60. The van der Waals surface area contributed by atoms with E-state index in [4.69, 9.17) is 21.1 Å². The number of rotatable bonds is 9. The van der Waals surface area contributed by atoms with E-state index >= 15 is 0 Å². The van der Waals surface area contributed by atoms with Crippen molar-refractivity contribution in [3.8, 4) is 5.75 Å². The normalized spacial score (nSPS) is 18.2. The maximum Gasteiger partial charge on any atom is 0.324 e. The number of esters is 1. The largest absolute Gasteiger partial charge is 0.497 e. The number of fused-ring (bicyclic) bond motifs is 1. The Hall–Kier alpha value is -3.07. The Morgan fingerprint density at radius 2 is 2.08 bits per heavy atom. The number of aromatic nitrogens is 1. The van der Waals surface area contributed by atoms with Gasteiger partial charge in [0.25, 0.3) is 0 Å². The molecule has 3 aromatic rings. The molecule has 1 saturated heterocycles. The van der Waals surface area contributed by atoms with Crippen molar-refractivity contribution in [1.29, 1.82) is 0 Å². The molecule has 0 aliphatic carbocycles. The number of halogens is 3. The number of nitrogens with zero attached hydrogens (tertiary/aromatic N) is 2. The fraction of sp³-hybridized carbons (Fsp3) is 0.333. The minimum absolute atomic E-state index is 0.127. The Balaban J connectivity index is 1.43. The number of hydrogen-bond donors (Lipinski definition) is 1. The van der Waals surface area contributed by atoms with Crippen LogP contribution in [0.15, 0.2) is 48.7 Å². The third-order valence-electron chi connectivity index (χ3n) is 6.46. The van der Waals surface area contributed by atoms with Crippen LogP contribution in [0.3, 0.4) is 0 Å². The Bertz CT molecular complexity index is 1270. The molecule has 6 nitrogen and oxygen atoms in total. The lowest BCUT2D eigenvalue weighted by atomic mass is 10.0. The van der Waals surface area contributed by atoms with Crippen LogP contribution in [0.1, 0.15) is 17.5 Å². The molecule has 1 N–H and O–H groups in total. The molecule has 1 aliphatic heterocycles. The van der Waals surface area contributed by atoms with Gasteiger partial charge in [0, 0.05) is 36.3 Å². The summed E-state index contributed by atoms with van der Waals surface area (Å²) >= 11 is 6.48. The molecule has 1 aliphatic rings. The summed E-state index contributed by atoms with van der Waals surface area (Å²) < 4.78 is 37.8. The molecule has 0 spiro atoms. The lowest BCUT2D eigenvalue weighted by molar-refractivity contribution is -0.146. The first-order valence-electron chi connectivity index (χ1n) is 11.7. The highest BCUT2D eigenvalue weighted by Gasteiger charge is 2.39. The summed E-state index contributed by atoms with van der Waals surface area (Å²) in [5.74, 6) is -0.621. The number of benzene rings is 2. The zero-order valence-electron chi connectivity index (χ0n) is 20.1. The molecule has 1 fully saturated rings. The van der Waals surface area contributed by atoms with Gasteiger partial charge in [-0.25, -0.2) is 8.78 Å². The van der Waals surface area contributed by atoms with E-state index < -0.39 is 17.7 Å². The van der Waals surface area contributed by atoms with E-state index in [0.29, 0.717) is 31.1 Å². The molecular formula is C27H28ClF2N3O3. The SMILES string of the molecule is COC(=O)C1C(NCCc2c(Cl)cnc3ccc(OC)cc23)CCN1CC=Cc1cc(F)ccc1F. The van der Waals surface area contributed by atoms with Crippen LogP contribution in [-0.2, 0) is 16.0 Å². The molecule has 36 heavy (non-hydrogen) atoms. The van der Waals surface area contributed by atoms with Gasteiger partial charge in [-0.2, -0.15) is 0 Å². The van der Waals surface area contributed by atoms with Crippen LogP contribution < -0.4 is 10.1 Å². The van der Waals surface area contributed by atoms with Crippen LogP contribution in [0.25, 0.3) is 17.0 Å². The Kier molecular flexibility index (Phi) is 8.51. The fourth-order valence-corrected chi connectivity index (χ4v) is 4.88. The van der Waals surface area contributed by atoms with Gasteiger partial charge in [0.1, 0.15) is 23.4 Å². The second-order valence-corrected chi connectivity index (χ2v) is 9.01. The zero-order valence-corrected chi connectivity index (χ0v) is 20.9. The van der Waals surface area contributed by atoms with Crippen LogP contribution in [0, 0.1) is 11.6 Å². The highest BCUT2D eigenvalue weighted by atomic mass is 35.5. The Morgan fingerprint density at radius 1 is 1.25 bits per heavy atom. The Labute approximate surface area is 213 Å². The topological polar surface area (TPSA) is 63.7 Å². The number of nitrogens with one attached hydrogen (secondary N) is 1. The lowest BCUT2D eigenvalue weighted by Gasteiger charge is -2.25. The summed E-state index contributed by atoms with van der Waals surface area (Å²) in [6, 6.07) is 8.36. The molecule has 2 heterocycles. The number of pyridine rings is 1. The fourth-order valence-electron chi connectivity index (χ4n) is 4.63. The standard InChI is InChI=1S/C27H28ClF2N3O3/c1-35-19-6-8-24-21(15-19)20(22(28)16-32-24)9-11-31-25-10-13-33(26(25)27(34)36-2)12-3-4-17-14-18(29)5-7-23(17)30/h3-8,14-16,25-26,31H,9-13H2,1-2H3. The van der Waals surface area contributed by atoms with Gasteiger partial charge in [-0.05, 0) is 61.3 Å². The molecular weight excluding hydrogens is 488 g/mol. The summed E-state index contributed by atoms with van der Waals surface area (Å²) in [6.45, 7) is 1.64. The number of methoxy groups -OCH3 is 2. The molecule has 0 radical (unpaired) electrons. The molecule has 2 atom stereocenters. The molecule has 190 valence electrons. The predicted molar refractivity (Wildman–Crippen MR) is 136 cm³/mol. The minimum Gasteiger partial charge on any atom is -0.497 e. The zero-order chi connectivity index (χ0) is 25.7. The summed E-state index contributed by atoms with van der Waals surface area (Å²) in [4.78, 5) is 19.0.